The number of piperazine rings is 1. The van der Waals surface area contributed by atoms with Crippen LogP contribution in [-0.4, -0.2) is 57.2 Å². The Labute approximate surface area is 192 Å². The minimum absolute atomic E-state index is 0.219. The van der Waals surface area contributed by atoms with Crippen LogP contribution in [-0.2, 0) is 0 Å². The van der Waals surface area contributed by atoms with Gasteiger partial charge in [0.25, 0.3) is 5.91 Å². The molecular formula is C22H26Cl3N3O2. The Morgan fingerprint density at radius 2 is 1.80 bits per heavy atom. The number of hydrogen-bond acceptors (Lipinski definition) is 4. The molecule has 2 aromatic carbocycles. The number of amides is 1. The highest BCUT2D eigenvalue weighted by molar-refractivity contribution is 6.43. The molecule has 5 nitrogen and oxygen atoms in total. The normalized spacial score (nSPS) is 14.6. The number of hydrogen-bond donors (Lipinski definition) is 1. The second kappa shape index (κ2) is 11.1. The molecule has 0 unspecified atom stereocenters. The molecule has 2 aromatic rings. The number of anilines is 1. The van der Waals surface area contributed by atoms with Crippen molar-refractivity contribution < 1.29 is 9.53 Å². The van der Waals surface area contributed by atoms with E-state index < -0.39 is 0 Å². The smallest absolute Gasteiger partial charge is 0.252 e. The lowest BCUT2D eigenvalue weighted by Gasteiger charge is -2.36. The van der Waals surface area contributed by atoms with Gasteiger partial charge in [-0.2, -0.15) is 0 Å². The van der Waals surface area contributed by atoms with Crippen LogP contribution in [0.2, 0.25) is 15.1 Å². The summed E-state index contributed by atoms with van der Waals surface area (Å²) < 4.78 is 5.79. The van der Waals surface area contributed by atoms with Crippen molar-refractivity contribution in [1.29, 1.82) is 0 Å². The summed E-state index contributed by atoms with van der Waals surface area (Å²) in [6.07, 6.45) is 1.99. The molecule has 1 aliphatic heterocycles. The van der Waals surface area contributed by atoms with Crippen LogP contribution in [0.5, 0.6) is 5.75 Å². The summed E-state index contributed by atoms with van der Waals surface area (Å²) in [5, 5.41) is 4.22. The van der Waals surface area contributed by atoms with Gasteiger partial charge in [0.15, 0.2) is 0 Å². The number of carbonyl (C=O) groups is 1. The highest BCUT2D eigenvalue weighted by Gasteiger charge is 2.19. The Morgan fingerprint density at radius 3 is 2.53 bits per heavy atom. The summed E-state index contributed by atoms with van der Waals surface area (Å²) in [5.74, 6) is 0.439. The molecule has 0 atom stereocenters. The average Bonchev–Trinajstić information content (AvgIpc) is 2.76. The van der Waals surface area contributed by atoms with Gasteiger partial charge in [0.2, 0.25) is 0 Å². The summed E-state index contributed by atoms with van der Waals surface area (Å²) in [6, 6.07) is 10.9. The molecule has 1 fully saturated rings. The maximum absolute atomic E-state index is 11.8. The number of nitrogens with one attached hydrogen (secondary N) is 1. The van der Waals surface area contributed by atoms with Crippen molar-refractivity contribution in [1.82, 2.24) is 10.2 Å². The summed E-state index contributed by atoms with van der Waals surface area (Å²) in [7, 11) is 1.58. The van der Waals surface area contributed by atoms with Crippen LogP contribution >= 0.6 is 34.8 Å². The molecule has 1 heterocycles. The molecule has 0 radical (unpaired) electrons. The maximum atomic E-state index is 11.8. The highest BCUT2D eigenvalue weighted by atomic mass is 35.5. The van der Waals surface area contributed by atoms with E-state index in [1.807, 2.05) is 18.2 Å². The van der Waals surface area contributed by atoms with Crippen LogP contribution < -0.4 is 15.0 Å². The van der Waals surface area contributed by atoms with Crippen LogP contribution in [0.3, 0.4) is 0 Å². The standard InChI is InChI=1S/C22H26Cl3N3O2/c1-26-22(29)17-15-16(7-8-18(17)23)30-14-3-2-9-27-10-12-28(13-11-27)20-6-4-5-19(24)21(20)25/h4-8,15H,2-3,9-14H2,1H3,(H,26,29). The number of unbranched alkanes of at least 4 members (excludes halogenated alkanes) is 1. The number of nitrogens with zero attached hydrogens (tertiary/aromatic N) is 2. The lowest BCUT2D eigenvalue weighted by atomic mass is 10.2. The lowest BCUT2D eigenvalue weighted by molar-refractivity contribution is 0.0962. The molecule has 162 valence electrons. The van der Waals surface area contributed by atoms with Crippen LogP contribution in [0.1, 0.15) is 23.2 Å². The van der Waals surface area contributed by atoms with E-state index in [1.54, 1.807) is 25.2 Å². The second-order valence-corrected chi connectivity index (χ2v) is 8.37. The first-order valence-corrected chi connectivity index (χ1v) is 11.2. The molecule has 0 bridgehead atoms. The van der Waals surface area contributed by atoms with Crippen LogP contribution in [0, 0.1) is 0 Å². The van der Waals surface area contributed by atoms with E-state index in [4.69, 9.17) is 39.5 Å². The number of halogens is 3. The minimum Gasteiger partial charge on any atom is -0.494 e. The first kappa shape index (κ1) is 23.0. The van der Waals surface area contributed by atoms with Gasteiger partial charge in [-0.3, -0.25) is 9.69 Å². The molecule has 1 amide bonds. The largest absolute Gasteiger partial charge is 0.494 e. The Bertz CT molecular complexity index is 871. The average molecular weight is 471 g/mol. The zero-order valence-electron chi connectivity index (χ0n) is 17.0. The van der Waals surface area contributed by atoms with Crippen molar-refractivity contribution in [3.05, 3.63) is 57.0 Å². The SMILES string of the molecule is CNC(=O)c1cc(OCCCCN2CCN(c3cccc(Cl)c3Cl)CC2)ccc1Cl. The van der Waals surface area contributed by atoms with E-state index in [2.05, 4.69) is 15.1 Å². The fourth-order valence-electron chi connectivity index (χ4n) is 3.48. The van der Waals surface area contributed by atoms with Crippen LogP contribution in [0.25, 0.3) is 0 Å². The predicted molar refractivity (Wildman–Crippen MR) is 125 cm³/mol. The lowest BCUT2D eigenvalue weighted by Crippen LogP contribution is -2.46. The molecule has 3 rings (SSSR count). The molecule has 1 aliphatic rings. The topological polar surface area (TPSA) is 44.8 Å². The van der Waals surface area contributed by atoms with E-state index in [-0.39, 0.29) is 5.91 Å². The van der Waals surface area contributed by atoms with Gasteiger partial charge in [0.1, 0.15) is 5.75 Å². The van der Waals surface area contributed by atoms with Gasteiger partial charge in [-0.25, -0.2) is 0 Å². The Kier molecular flexibility index (Phi) is 8.51. The predicted octanol–water partition coefficient (Wildman–Crippen LogP) is 4.99. The monoisotopic (exact) mass is 469 g/mol. The maximum Gasteiger partial charge on any atom is 0.252 e. The fraction of sp³-hybridized carbons (Fsp3) is 0.409. The third-order valence-electron chi connectivity index (χ3n) is 5.19. The molecule has 0 spiro atoms. The molecular weight excluding hydrogens is 445 g/mol. The summed E-state index contributed by atoms with van der Waals surface area (Å²) in [6.45, 7) is 5.50. The zero-order valence-corrected chi connectivity index (χ0v) is 19.2. The molecule has 0 aromatic heterocycles. The number of ether oxygens (including phenoxy) is 1. The molecule has 30 heavy (non-hydrogen) atoms. The number of rotatable bonds is 8. The highest BCUT2D eigenvalue weighted by Crippen LogP contribution is 2.32. The molecule has 0 saturated carbocycles. The molecule has 8 heteroatoms. The van der Waals surface area contributed by atoms with Gasteiger partial charge in [0.05, 0.1) is 32.9 Å². The Balaban J connectivity index is 1.37. The van der Waals surface area contributed by atoms with Crippen molar-refractivity contribution in [3.63, 3.8) is 0 Å². The number of carbonyl (C=O) groups excluding carboxylic acids is 1. The van der Waals surface area contributed by atoms with Crippen molar-refractivity contribution in [2.24, 2.45) is 0 Å². The van der Waals surface area contributed by atoms with Gasteiger partial charge in [-0.05, 0) is 49.7 Å². The van der Waals surface area contributed by atoms with Gasteiger partial charge < -0.3 is 15.0 Å². The first-order valence-electron chi connectivity index (χ1n) is 10.1. The third-order valence-corrected chi connectivity index (χ3v) is 6.33. The Hall–Kier alpha value is -1.66. The van der Waals surface area contributed by atoms with Gasteiger partial charge in [-0.1, -0.05) is 40.9 Å². The minimum atomic E-state index is -0.219. The van der Waals surface area contributed by atoms with E-state index in [0.717, 1.165) is 51.3 Å². The van der Waals surface area contributed by atoms with E-state index in [0.29, 0.717) is 33.0 Å². The summed E-state index contributed by atoms with van der Waals surface area (Å²) >= 11 is 18.5. The van der Waals surface area contributed by atoms with Crippen LogP contribution in [0.15, 0.2) is 36.4 Å². The van der Waals surface area contributed by atoms with Crippen molar-refractivity contribution in [2.75, 3.05) is 51.3 Å². The summed E-state index contributed by atoms with van der Waals surface area (Å²) in [4.78, 5) is 16.6. The van der Waals surface area contributed by atoms with Crippen LogP contribution in [0.4, 0.5) is 5.69 Å². The van der Waals surface area contributed by atoms with E-state index in [1.165, 1.54) is 0 Å². The van der Waals surface area contributed by atoms with Crippen molar-refractivity contribution in [2.45, 2.75) is 12.8 Å². The second-order valence-electron chi connectivity index (χ2n) is 7.18. The molecule has 1 N–H and O–H groups in total. The van der Waals surface area contributed by atoms with Gasteiger partial charge >= 0.3 is 0 Å². The molecule has 1 saturated heterocycles. The van der Waals surface area contributed by atoms with E-state index >= 15 is 0 Å². The molecule has 0 aliphatic carbocycles. The third kappa shape index (κ3) is 5.94. The van der Waals surface area contributed by atoms with E-state index in [9.17, 15) is 4.79 Å². The van der Waals surface area contributed by atoms with Gasteiger partial charge in [-0.15, -0.1) is 0 Å². The Morgan fingerprint density at radius 1 is 1.03 bits per heavy atom. The summed E-state index contributed by atoms with van der Waals surface area (Å²) in [5.41, 5.74) is 1.44. The fourth-order valence-corrected chi connectivity index (χ4v) is 4.10. The van der Waals surface area contributed by atoms with Crippen molar-refractivity contribution in [3.8, 4) is 5.75 Å². The quantitative estimate of drug-likeness (QED) is 0.552. The first-order chi connectivity index (χ1) is 14.5. The zero-order chi connectivity index (χ0) is 21.5. The van der Waals surface area contributed by atoms with Crippen molar-refractivity contribution >= 4 is 46.4 Å². The van der Waals surface area contributed by atoms with Gasteiger partial charge in [0, 0.05) is 33.2 Å². The number of benzene rings is 2.